The van der Waals surface area contributed by atoms with E-state index in [0.717, 1.165) is 31.5 Å². The molecule has 0 radical (unpaired) electrons. The predicted molar refractivity (Wildman–Crippen MR) is 68.0 cm³/mol. The van der Waals surface area contributed by atoms with Crippen molar-refractivity contribution < 1.29 is 5.11 Å². The third kappa shape index (κ3) is 2.91. The molecule has 0 bridgehead atoms. The van der Waals surface area contributed by atoms with Gasteiger partial charge in [-0.05, 0) is 31.0 Å². The van der Waals surface area contributed by atoms with Crippen LogP contribution in [0.15, 0.2) is 18.2 Å². The largest absolute Gasteiger partial charge is 0.393 e. The first-order valence-electron chi connectivity index (χ1n) is 5.82. The quantitative estimate of drug-likeness (QED) is 0.867. The number of benzene rings is 1. The Hall–Kier alpha value is -1.24. The molecule has 3 nitrogen and oxygen atoms in total. The van der Waals surface area contributed by atoms with Gasteiger partial charge in [-0.3, -0.25) is 0 Å². The normalized spacial score (nSPS) is 23.4. The van der Waals surface area contributed by atoms with Crippen molar-refractivity contribution >= 4 is 17.3 Å². The van der Waals surface area contributed by atoms with E-state index in [4.69, 9.17) is 16.9 Å². The first-order valence-corrected chi connectivity index (χ1v) is 6.20. The Morgan fingerprint density at radius 2 is 2.29 bits per heavy atom. The minimum Gasteiger partial charge on any atom is -0.393 e. The van der Waals surface area contributed by atoms with Gasteiger partial charge in [0.2, 0.25) is 0 Å². The lowest BCUT2D eigenvalue weighted by molar-refractivity contribution is 0.138. The van der Waals surface area contributed by atoms with Crippen molar-refractivity contribution in [2.45, 2.75) is 25.4 Å². The first-order chi connectivity index (χ1) is 8.20. The van der Waals surface area contributed by atoms with Gasteiger partial charge in [0.25, 0.3) is 0 Å². The zero-order valence-corrected chi connectivity index (χ0v) is 10.2. The van der Waals surface area contributed by atoms with E-state index < -0.39 is 0 Å². The molecule has 2 N–H and O–H groups in total. The van der Waals surface area contributed by atoms with Gasteiger partial charge >= 0.3 is 0 Å². The smallest absolute Gasteiger partial charge is 0.101 e. The van der Waals surface area contributed by atoms with Crippen molar-refractivity contribution in [2.24, 2.45) is 5.92 Å². The molecule has 17 heavy (non-hydrogen) atoms. The van der Waals surface area contributed by atoms with Crippen LogP contribution >= 0.6 is 11.6 Å². The maximum Gasteiger partial charge on any atom is 0.101 e. The molecule has 0 saturated heterocycles. The van der Waals surface area contributed by atoms with Crippen LogP contribution in [0.3, 0.4) is 0 Å². The Morgan fingerprint density at radius 3 is 2.88 bits per heavy atom. The molecule has 4 heteroatoms. The summed E-state index contributed by atoms with van der Waals surface area (Å²) in [4.78, 5) is 0. The predicted octanol–water partition coefficient (Wildman–Crippen LogP) is 2.78. The van der Waals surface area contributed by atoms with Crippen LogP contribution < -0.4 is 5.32 Å². The number of hydrogen-bond acceptors (Lipinski definition) is 3. The highest BCUT2D eigenvalue weighted by molar-refractivity contribution is 6.32. The van der Waals surface area contributed by atoms with Crippen LogP contribution in [0.4, 0.5) is 5.69 Å². The molecule has 1 aliphatic rings. The monoisotopic (exact) mass is 250 g/mol. The van der Waals surface area contributed by atoms with Crippen molar-refractivity contribution in [3.05, 3.63) is 28.8 Å². The number of aliphatic hydroxyl groups is 1. The highest BCUT2D eigenvalue weighted by Crippen LogP contribution is 2.26. The van der Waals surface area contributed by atoms with Crippen molar-refractivity contribution in [1.29, 1.82) is 5.26 Å². The van der Waals surface area contributed by atoms with Gasteiger partial charge in [-0.2, -0.15) is 5.26 Å². The summed E-state index contributed by atoms with van der Waals surface area (Å²) in [5, 5.41) is 22.2. The third-order valence-electron chi connectivity index (χ3n) is 3.28. The van der Waals surface area contributed by atoms with Gasteiger partial charge in [0.05, 0.1) is 16.7 Å². The highest BCUT2D eigenvalue weighted by Gasteiger charge is 2.24. The topological polar surface area (TPSA) is 56.0 Å². The summed E-state index contributed by atoms with van der Waals surface area (Å²) in [6, 6.07) is 7.32. The Morgan fingerprint density at radius 1 is 1.47 bits per heavy atom. The van der Waals surface area contributed by atoms with Crippen LogP contribution in [0.1, 0.15) is 24.8 Å². The number of aliphatic hydroxyl groups excluding tert-OH is 1. The Bertz CT molecular complexity index is 442. The minimum absolute atomic E-state index is 0.184. The number of nitriles is 1. The molecule has 1 fully saturated rings. The number of nitrogens with one attached hydrogen (secondary N) is 1. The van der Waals surface area contributed by atoms with Crippen LogP contribution in [0, 0.1) is 17.2 Å². The standard InChI is InChI=1S/C13H15ClN2O/c14-12-6-11(5-4-9(12)7-15)16-8-10-2-1-3-13(10)17/h4-6,10,13,16-17H,1-3,8H2/t10-,13-/m0/s1. The fourth-order valence-electron chi connectivity index (χ4n) is 2.22. The Balaban J connectivity index is 1.95. The van der Waals surface area contributed by atoms with Crippen molar-refractivity contribution in [3.63, 3.8) is 0 Å². The lowest BCUT2D eigenvalue weighted by Gasteiger charge is -2.16. The molecule has 0 aliphatic heterocycles. The van der Waals surface area contributed by atoms with Crippen LogP contribution in [-0.4, -0.2) is 17.8 Å². The molecule has 2 atom stereocenters. The van der Waals surface area contributed by atoms with Crippen LogP contribution in [-0.2, 0) is 0 Å². The molecule has 1 saturated carbocycles. The first kappa shape index (κ1) is 12.2. The number of nitrogens with zero attached hydrogens (tertiary/aromatic N) is 1. The van der Waals surface area contributed by atoms with E-state index >= 15 is 0 Å². The lowest BCUT2D eigenvalue weighted by atomic mass is 10.1. The van der Waals surface area contributed by atoms with Gasteiger partial charge in [-0.15, -0.1) is 0 Å². The second-order valence-electron chi connectivity index (χ2n) is 4.45. The molecular formula is C13H15ClN2O. The molecule has 1 aliphatic carbocycles. The third-order valence-corrected chi connectivity index (χ3v) is 3.59. The van der Waals surface area contributed by atoms with E-state index in [0.29, 0.717) is 16.5 Å². The van der Waals surface area contributed by atoms with E-state index in [1.165, 1.54) is 0 Å². The molecule has 0 amide bonds. The number of rotatable bonds is 3. The summed E-state index contributed by atoms with van der Waals surface area (Å²) < 4.78 is 0. The molecule has 0 unspecified atom stereocenters. The average Bonchev–Trinajstić information content (AvgIpc) is 2.72. The van der Waals surface area contributed by atoms with E-state index in [1.54, 1.807) is 12.1 Å². The van der Waals surface area contributed by atoms with Gasteiger partial charge in [0.15, 0.2) is 0 Å². The van der Waals surface area contributed by atoms with Crippen LogP contribution in [0.5, 0.6) is 0 Å². The summed E-state index contributed by atoms with van der Waals surface area (Å²) >= 11 is 5.94. The van der Waals surface area contributed by atoms with E-state index in [9.17, 15) is 5.11 Å². The molecular weight excluding hydrogens is 236 g/mol. The fourth-order valence-corrected chi connectivity index (χ4v) is 2.44. The molecule has 2 rings (SSSR count). The number of hydrogen-bond donors (Lipinski definition) is 2. The van der Waals surface area contributed by atoms with Crippen molar-refractivity contribution in [3.8, 4) is 6.07 Å². The molecule has 0 spiro atoms. The molecule has 0 heterocycles. The summed E-state index contributed by atoms with van der Waals surface area (Å²) in [7, 11) is 0. The molecule has 0 aromatic heterocycles. The van der Waals surface area contributed by atoms with Gasteiger partial charge in [-0.1, -0.05) is 18.0 Å². The fraction of sp³-hybridized carbons (Fsp3) is 0.462. The van der Waals surface area contributed by atoms with Crippen LogP contribution in [0.25, 0.3) is 0 Å². The summed E-state index contributed by atoms with van der Waals surface area (Å²) in [6.45, 7) is 0.753. The molecule has 1 aromatic rings. The Labute approximate surface area is 106 Å². The number of halogens is 1. The zero-order valence-electron chi connectivity index (χ0n) is 9.49. The van der Waals surface area contributed by atoms with E-state index in [1.807, 2.05) is 12.1 Å². The van der Waals surface area contributed by atoms with Gasteiger partial charge < -0.3 is 10.4 Å². The number of anilines is 1. The molecule has 1 aromatic carbocycles. The van der Waals surface area contributed by atoms with Crippen LogP contribution in [0.2, 0.25) is 5.02 Å². The average molecular weight is 251 g/mol. The van der Waals surface area contributed by atoms with Gasteiger partial charge in [0, 0.05) is 18.2 Å². The van der Waals surface area contributed by atoms with Crippen molar-refractivity contribution in [2.75, 3.05) is 11.9 Å². The second kappa shape index (κ2) is 5.39. The van der Waals surface area contributed by atoms with E-state index in [2.05, 4.69) is 5.32 Å². The second-order valence-corrected chi connectivity index (χ2v) is 4.85. The summed E-state index contributed by atoms with van der Waals surface area (Å²) in [5.41, 5.74) is 1.38. The SMILES string of the molecule is N#Cc1ccc(NC[C@@H]2CCC[C@@H]2O)cc1Cl. The van der Waals surface area contributed by atoms with Crippen molar-refractivity contribution in [1.82, 2.24) is 0 Å². The maximum atomic E-state index is 9.69. The minimum atomic E-state index is -0.184. The summed E-state index contributed by atoms with van der Waals surface area (Å²) in [5.74, 6) is 0.324. The lowest BCUT2D eigenvalue weighted by Crippen LogP contribution is -2.21. The van der Waals surface area contributed by atoms with Gasteiger partial charge in [0.1, 0.15) is 6.07 Å². The van der Waals surface area contributed by atoms with Gasteiger partial charge in [-0.25, -0.2) is 0 Å². The maximum absolute atomic E-state index is 9.69. The highest BCUT2D eigenvalue weighted by atomic mass is 35.5. The Kier molecular flexibility index (Phi) is 3.88. The zero-order chi connectivity index (χ0) is 12.3. The molecule has 90 valence electrons. The van der Waals surface area contributed by atoms with E-state index in [-0.39, 0.29) is 6.10 Å². The summed E-state index contributed by atoms with van der Waals surface area (Å²) in [6.07, 6.45) is 2.89.